The monoisotopic (exact) mass is 381 g/mol. The molecule has 4 N–H and O–H groups in total. The number of primary amides is 1. The molecular formula is C20H19N3O3S. The Labute approximate surface area is 159 Å². The standard InChI is InChI=1S/C20H19N3O3S/c1-20(6-2-7-20)14-4-3-11-9-13(17(21)24)18(25)23-16(11)15(14)19(26)22-12-5-8-27-10-12/h3-5,8-10H,2,6-7H2,1H3,(H2,21,24)(H,22,26)(H,23,25). The van der Waals surface area contributed by atoms with Crippen LogP contribution in [0.5, 0.6) is 0 Å². The van der Waals surface area contributed by atoms with Crippen molar-refractivity contribution in [2.75, 3.05) is 5.32 Å². The molecule has 7 heteroatoms. The van der Waals surface area contributed by atoms with Crippen molar-refractivity contribution in [1.82, 2.24) is 4.98 Å². The first-order chi connectivity index (χ1) is 12.9. The molecule has 4 rings (SSSR count). The van der Waals surface area contributed by atoms with Crippen LogP contribution < -0.4 is 16.6 Å². The van der Waals surface area contributed by atoms with E-state index < -0.39 is 11.5 Å². The molecule has 1 fully saturated rings. The number of hydrogen-bond donors (Lipinski definition) is 3. The van der Waals surface area contributed by atoms with Crippen LogP contribution in [-0.4, -0.2) is 16.8 Å². The van der Waals surface area contributed by atoms with Crippen LogP contribution in [-0.2, 0) is 5.41 Å². The maximum atomic E-state index is 13.1. The zero-order valence-corrected chi connectivity index (χ0v) is 15.6. The molecule has 0 atom stereocenters. The Morgan fingerprint density at radius 2 is 2.04 bits per heavy atom. The van der Waals surface area contributed by atoms with Crippen LogP contribution in [0.4, 0.5) is 5.69 Å². The van der Waals surface area contributed by atoms with Gasteiger partial charge in [-0.1, -0.05) is 25.5 Å². The minimum Gasteiger partial charge on any atom is -0.365 e. The van der Waals surface area contributed by atoms with Gasteiger partial charge in [-0.25, -0.2) is 0 Å². The van der Waals surface area contributed by atoms with Gasteiger partial charge in [-0.3, -0.25) is 14.4 Å². The molecule has 6 nitrogen and oxygen atoms in total. The van der Waals surface area contributed by atoms with Crippen LogP contribution in [0.3, 0.4) is 0 Å². The van der Waals surface area contributed by atoms with Gasteiger partial charge in [0.25, 0.3) is 17.4 Å². The minimum absolute atomic E-state index is 0.102. The Hall–Kier alpha value is -2.93. The molecule has 138 valence electrons. The summed E-state index contributed by atoms with van der Waals surface area (Å²) in [5.41, 5.74) is 6.99. The van der Waals surface area contributed by atoms with Crippen molar-refractivity contribution < 1.29 is 9.59 Å². The number of anilines is 1. The number of nitrogens with one attached hydrogen (secondary N) is 2. The van der Waals surface area contributed by atoms with Crippen LogP contribution in [0.25, 0.3) is 10.9 Å². The molecule has 3 aromatic rings. The summed E-state index contributed by atoms with van der Waals surface area (Å²) in [5, 5.41) is 7.24. The van der Waals surface area contributed by atoms with Crippen molar-refractivity contribution in [3.63, 3.8) is 0 Å². The van der Waals surface area contributed by atoms with Crippen LogP contribution in [0, 0.1) is 0 Å². The largest absolute Gasteiger partial charge is 0.365 e. The third-order valence-corrected chi connectivity index (χ3v) is 6.08. The highest BCUT2D eigenvalue weighted by atomic mass is 32.1. The number of nitrogens with two attached hydrogens (primary N) is 1. The van der Waals surface area contributed by atoms with Gasteiger partial charge in [0.1, 0.15) is 5.56 Å². The average Bonchev–Trinajstić information content (AvgIpc) is 3.10. The van der Waals surface area contributed by atoms with Gasteiger partial charge < -0.3 is 16.0 Å². The summed E-state index contributed by atoms with van der Waals surface area (Å²) < 4.78 is 0. The Bertz CT molecular complexity index is 1110. The van der Waals surface area contributed by atoms with Crippen LogP contribution in [0.2, 0.25) is 0 Å². The lowest BCUT2D eigenvalue weighted by molar-refractivity contribution is 0.0997. The van der Waals surface area contributed by atoms with E-state index in [2.05, 4.69) is 17.2 Å². The van der Waals surface area contributed by atoms with E-state index in [-0.39, 0.29) is 16.9 Å². The number of amides is 2. The Morgan fingerprint density at radius 3 is 2.63 bits per heavy atom. The molecule has 0 spiro atoms. The van der Waals surface area contributed by atoms with Crippen LogP contribution in [0.1, 0.15) is 52.5 Å². The highest BCUT2D eigenvalue weighted by Crippen LogP contribution is 2.45. The molecule has 0 saturated heterocycles. The van der Waals surface area contributed by atoms with E-state index in [1.165, 1.54) is 17.4 Å². The maximum absolute atomic E-state index is 13.1. The topological polar surface area (TPSA) is 105 Å². The number of thiophene rings is 1. The van der Waals surface area contributed by atoms with E-state index in [0.29, 0.717) is 22.2 Å². The first-order valence-corrected chi connectivity index (χ1v) is 9.67. The molecule has 0 bridgehead atoms. The van der Waals surface area contributed by atoms with Gasteiger partial charge in [0.05, 0.1) is 16.8 Å². The second-order valence-electron chi connectivity index (χ2n) is 7.21. The maximum Gasteiger partial charge on any atom is 0.261 e. The molecule has 1 aromatic carbocycles. The van der Waals surface area contributed by atoms with Gasteiger partial charge in [-0.05, 0) is 46.7 Å². The van der Waals surface area contributed by atoms with Crippen molar-refractivity contribution >= 4 is 39.7 Å². The first kappa shape index (κ1) is 17.5. The molecule has 1 saturated carbocycles. The van der Waals surface area contributed by atoms with Crippen LogP contribution >= 0.6 is 11.3 Å². The number of benzene rings is 1. The highest BCUT2D eigenvalue weighted by Gasteiger charge is 2.37. The molecule has 2 aromatic heterocycles. The Morgan fingerprint density at radius 1 is 1.26 bits per heavy atom. The molecule has 1 aliphatic rings. The summed E-state index contributed by atoms with van der Waals surface area (Å²) in [6.07, 6.45) is 3.08. The van der Waals surface area contributed by atoms with Gasteiger partial charge in [0, 0.05) is 5.38 Å². The molecular weight excluding hydrogens is 362 g/mol. The zero-order valence-electron chi connectivity index (χ0n) is 14.8. The molecule has 1 aliphatic carbocycles. The number of aromatic amines is 1. The summed E-state index contributed by atoms with van der Waals surface area (Å²) in [7, 11) is 0. The normalized spacial score (nSPS) is 15.3. The van der Waals surface area contributed by atoms with Gasteiger partial charge in [0.2, 0.25) is 0 Å². The number of H-pyrrole nitrogens is 1. The highest BCUT2D eigenvalue weighted by molar-refractivity contribution is 7.08. The fourth-order valence-corrected chi connectivity index (χ4v) is 4.29. The van der Waals surface area contributed by atoms with E-state index in [4.69, 9.17) is 5.73 Å². The van der Waals surface area contributed by atoms with E-state index in [1.54, 1.807) is 0 Å². The molecule has 0 aliphatic heterocycles. The fourth-order valence-electron chi connectivity index (χ4n) is 3.70. The Kier molecular flexibility index (Phi) is 4.11. The summed E-state index contributed by atoms with van der Waals surface area (Å²) >= 11 is 1.49. The van der Waals surface area contributed by atoms with Gasteiger partial charge in [-0.2, -0.15) is 11.3 Å². The average molecular weight is 381 g/mol. The van der Waals surface area contributed by atoms with Gasteiger partial charge >= 0.3 is 0 Å². The minimum atomic E-state index is -0.794. The van der Waals surface area contributed by atoms with E-state index >= 15 is 0 Å². The van der Waals surface area contributed by atoms with Crippen molar-refractivity contribution in [3.05, 3.63) is 62.1 Å². The lowest BCUT2D eigenvalue weighted by atomic mass is 9.64. The number of rotatable bonds is 4. The van der Waals surface area contributed by atoms with E-state index in [0.717, 1.165) is 24.8 Å². The lowest BCUT2D eigenvalue weighted by Crippen LogP contribution is -2.33. The number of carbonyl (C=O) groups is 2. The van der Waals surface area contributed by atoms with Gasteiger partial charge in [0.15, 0.2) is 0 Å². The van der Waals surface area contributed by atoms with Gasteiger partial charge in [-0.15, -0.1) is 0 Å². The quantitative estimate of drug-likeness (QED) is 0.645. The Balaban J connectivity index is 1.94. The fraction of sp³-hybridized carbons (Fsp3) is 0.250. The summed E-state index contributed by atoms with van der Waals surface area (Å²) in [6.45, 7) is 2.13. The number of fused-ring (bicyclic) bond motifs is 1. The van der Waals surface area contributed by atoms with Crippen molar-refractivity contribution in [2.24, 2.45) is 5.73 Å². The summed E-state index contributed by atoms with van der Waals surface area (Å²) in [5.74, 6) is -1.07. The number of hydrogen-bond acceptors (Lipinski definition) is 4. The second kappa shape index (κ2) is 6.35. The lowest BCUT2D eigenvalue weighted by Gasteiger charge is -2.40. The summed E-state index contributed by atoms with van der Waals surface area (Å²) in [6, 6.07) is 7.03. The first-order valence-electron chi connectivity index (χ1n) is 8.73. The van der Waals surface area contributed by atoms with Crippen LogP contribution in [0.15, 0.2) is 39.8 Å². The smallest absolute Gasteiger partial charge is 0.261 e. The predicted octanol–water partition coefficient (Wildman–Crippen LogP) is 3.38. The number of carbonyl (C=O) groups excluding carboxylic acids is 2. The molecule has 0 radical (unpaired) electrons. The predicted molar refractivity (Wildman–Crippen MR) is 107 cm³/mol. The summed E-state index contributed by atoms with van der Waals surface area (Å²) in [4.78, 5) is 39.7. The number of pyridine rings is 1. The molecule has 0 unspecified atom stereocenters. The van der Waals surface area contributed by atoms with Crippen molar-refractivity contribution in [3.8, 4) is 0 Å². The SMILES string of the molecule is CC1(c2ccc3cc(C(N)=O)c(=O)[nH]c3c2C(=O)Nc2ccsc2)CCC1. The van der Waals surface area contributed by atoms with Crippen molar-refractivity contribution in [2.45, 2.75) is 31.6 Å². The second-order valence-corrected chi connectivity index (χ2v) is 7.99. The molecule has 2 amide bonds. The third-order valence-electron chi connectivity index (χ3n) is 5.40. The molecule has 27 heavy (non-hydrogen) atoms. The van der Waals surface area contributed by atoms with E-state index in [1.807, 2.05) is 29.0 Å². The zero-order chi connectivity index (χ0) is 19.2. The third kappa shape index (κ3) is 2.94. The van der Waals surface area contributed by atoms with E-state index in [9.17, 15) is 14.4 Å². The number of aromatic nitrogens is 1. The molecule has 2 heterocycles. The van der Waals surface area contributed by atoms with Crippen molar-refractivity contribution in [1.29, 1.82) is 0 Å².